The van der Waals surface area contributed by atoms with Gasteiger partial charge in [0, 0.05) is 48.9 Å². The minimum absolute atomic E-state index is 0.0292. The molecule has 5 rings (SSSR count). The molecule has 1 spiro atoms. The lowest BCUT2D eigenvalue weighted by Gasteiger charge is -2.45. The smallest absolute Gasteiger partial charge is 0.325 e. The van der Waals surface area contributed by atoms with Crippen molar-refractivity contribution in [3.8, 4) is 11.5 Å². The first-order valence-electron chi connectivity index (χ1n) is 13.6. The number of hydrogen-bond acceptors (Lipinski definition) is 5. The first-order valence-corrected chi connectivity index (χ1v) is 13.6. The lowest BCUT2D eigenvalue weighted by atomic mass is 9.77. The number of β-amino-alcohol motifs (C(OH)–C–C–N with tert-alkyl or cyclic N) is 1. The average molecular weight is 520 g/mol. The second kappa shape index (κ2) is 9.93. The predicted molar refractivity (Wildman–Crippen MR) is 149 cm³/mol. The molecule has 7 nitrogen and oxygen atoms in total. The van der Waals surface area contributed by atoms with E-state index in [9.17, 15) is 9.90 Å². The quantitative estimate of drug-likeness (QED) is 0.596. The molecule has 7 heteroatoms. The van der Waals surface area contributed by atoms with Crippen molar-refractivity contribution in [1.82, 2.24) is 14.7 Å². The topological polar surface area (TPSA) is 65.5 Å². The monoisotopic (exact) mass is 519 g/mol. The number of nitrogens with zero attached hydrogens (tertiary/aromatic N) is 3. The van der Waals surface area contributed by atoms with Crippen LogP contribution in [0.3, 0.4) is 0 Å². The van der Waals surface area contributed by atoms with Crippen molar-refractivity contribution in [1.29, 1.82) is 0 Å². The number of rotatable bonds is 6. The van der Waals surface area contributed by atoms with Gasteiger partial charge in [0.05, 0.1) is 32.9 Å². The second-order valence-corrected chi connectivity index (χ2v) is 11.7. The molecule has 2 aromatic carbocycles. The maximum Gasteiger partial charge on any atom is 0.325 e. The summed E-state index contributed by atoms with van der Waals surface area (Å²) < 4.78 is 11.4. The molecule has 38 heavy (non-hydrogen) atoms. The number of methoxy groups -OCH3 is 2. The Morgan fingerprint density at radius 1 is 0.974 bits per heavy atom. The van der Waals surface area contributed by atoms with E-state index in [1.54, 1.807) is 14.2 Å². The van der Waals surface area contributed by atoms with Gasteiger partial charge in [0.1, 0.15) is 11.5 Å². The highest BCUT2D eigenvalue weighted by molar-refractivity contribution is 5.83. The maximum absolute atomic E-state index is 14.0. The largest absolute Gasteiger partial charge is 0.497 e. The van der Waals surface area contributed by atoms with E-state index in [1.165, 1.54) is 16.7 Å². The average Bonchev–Trinajstić information content (AvgIpc) is 2.98. The number of likely N-dealkylation sites (tertiary alicyclic amines) is 1. The van der Waals surface area contributed by atoms with Crippen LogP contribution in [0, 0.1) is 13.8 Å². The van der Waals surface area contributed by atoms with Gasteiger partial charge in [-0.25, -0.2) is 4.79 Å². The summed E-state index contributed by atoms with van der Waals surface area (Å²) in [5, 5.41) is 9.97. The van der Waals surface area contributed by atoms with Gasteiger partial charge < -0.3 is 19.5 Å². The molecule has 0 atom stereocenters. The molecule has 0 aliphatic carbocycles. The molecule has 0 unspecified atom stereocenters. The van der Waals surface area contributed by atoms with Crippen LogP contribution in [0.5, 0.6) is 11.5 Å². The van der Waals surface area contributed by atoms with Crippen LogP contribution in [0.2, 0.25) is 0 Å². The number of amides is 2. The number of allylic oxidation sites excluding steroid dienone is 1. The summed E-state index contributed by atoms with van der Waals surface area (Å²) in [5.74, 6) is 1.49. The Morgan fingerprint density at radius 3 is 2.26 bits per heavy atom. The van der Waals surface area contributed by atoms with Crippen LogP contribution in [0.25, 0.3) is 0 Å². The van der Waals surface area contributed by atoms with Crippen molar-refractivity contribution in [2.75, 3.05) is 40.5 Å². The molecule has 204 valence electrons. The SMILES string of the molecule is COc1cc2c(c(OC)c1)C(C)(C)C=C1N(C2)C(=O)N(CCO)C12CCN(Cc1cc(C)cc(C)c1)CC2. The number of urea groups is 1. The Labute approximate surface area is 226 Å². The van der Waals surface area contributed by atoms with E-state index >= 15 is 0 Å². The van der Waals surface area contributed by atoms with Crippen LogP contribution < -0.4 is 9.47 Å². The van der Waals surface area contributed by atoms with Crippen LogP contribution in [0.15, 0.2) is 42.1 Å². The lowest BCUT2D eigenvalue weighted by molar-refractivity contribution is 0.0745. The molecule has 2 fully saturated rings. The molecule has 3 heterocycles. The third kappa shape index (κ3) is 4.46. The van der Waals surface area contributed by atoms with E-state index in [0.29, 0.717) is 18.8 Å². The van der Waals surface area contributed by atoms with Crippen molar-refractivity contribution in [3.63, 3.8) is 0 Å². The number of hydrogen-bond donors (Lipinski definition) is 1. The molecule has 3 aliphatic heterocycles. The van der Waals surface area contributed by atoms with Crippen molar-refractivity contribution in [3.05, 3.63) is 69.9 Å². The third-order valence-corrected chi connectivity index (χ3v) is 8.52. The molecule has 0 radical (unpaired) electrons. The Morgan fingerprint density at radius 2 is 1.66 bits per heavy atom. The van der Waals surface area contributed by atoms with Crippen LogP contribution in [-0.4, -0.2) is 71.8 Å². The maximum atomic E-state index is 14.0. The summed E-state index contributed by atoms with van der Waals surface area (Å²) in [4.78, 5) is 20.3. The van der Waals surface area contributed by atoms with Gasteiger partial charge in [-0.15, -0.1) is 0 Å². The van der Waals surface area contributed by atoms with Gasteiger partial charge in [0.2, 0.25) is 0 Å². The molecule has 1 N–H and O–H groups in total. The number of ether oxygens (including phenoxy) is 2. The lowest BCUT2D eigenvalue weighted by Crippen LogP contribution is -2.54. The summed E-state index contributed by atoms with van der Waals surface area (Å²) in [7, 11) is 3.34. The summed E-state index contributed by atoms with van der Waals surface area (Å²) in [6, 6.07) is 10.7. The van der Waals surface area contributed by atoms with Gasteiger partial charge in [0.15, 0.2) is 0 Å². The van der Waals surface area contributed by atoms with E-state index < -0.39 is 5.54 Å². The fourth-order valence-electron chi connectivity index (χ4n) is 6.99. The first-order chi connectivity index (χ1) is 18.1. The molecule has 0 saturated carbocycles. The van der Waals surface area contributed by atoms with Gasteiger partial charge >= 0.3 is 6.03 Å². The number of carbonyl (C=O) groups is 1. The summed E-state index contributed by atoms with van der Waals surface area (Å²) in [6.07, 6.45) is 3.94. The van der Waals surface area contributed by atoms with Crippen molar-refractivity contribution >= 4 is 6.03 Å². The molecule has 3 aliphatic rings. The summed E-state index contributed by atoms with van der Waals surface area (Å²) >= 11 is 0. The molecule has 2 saturated heterocycles. The number of carbonyl (C=O) groups excluding carboxylic acids is 1. The zero-order valence-electron chi connectivity index (χ0n) is 23.6. The number of benzene rings is 2. The van der Waals surface area contributed by atoms with Crippen LogP contribution >= 0.6 is 0 Å². The standard InChI is InChI=1S/C31H41N3O4/c1-21-13-22(2)15-23(14-21)19-32-9-7-31(8-10-32)27-18-30(3,4)28-24(16-25(37-5)17-26(28)38-6)20-33(27)29(36)34(31)11-12-35/h13-18,35H,7-12,19-20H2,1-6H3. The summed E-state index contributed by atoms with van der Waals surface area (Å²) in [6.45, 7) is 12.1. The fourth-order valence-corrected chi connectivity index (χ4v) is 6.99. The number of piperidine rings is 1. The fraction of sp³-hybridized carbons (Fsp3) is 0.516. The van der Waals surface area contributed by atoms with Crippen LogP contribution in [0.1, 0.15) is 54.5 Å². The highest BCUT2D eigenvalue weighted by Gasteiger charge is 2.56. The van der Waals surface area contributed by atoms with Crippen LogP contribution in [-0.2, 0) is 18.5 Å². The normalized spacial score (nSPS) is 20.2. The minimum Gasteiger partial charge on any atom is -0.497 e. The highest BCUT2D eigenvalue weighted by atomic mass is 16.5. The third-order valence-electron chi connectivity index (χ3n) is 8.52. The van der Waals surface area contributed by atoms with Crippen molar-refractivity contribution in [2.24, 2.45) is 0 Å². The van der Waals surface area contributed by atoms with Crippen LogP contribution in [0.4, 0.5) is 4.79 Å². The molecular formula is C31H41N3O4. The zero-order chi connectivity index (χ0) is 27.2. The van der Waals surface area contributed by atoms with Crippen molar-refractivity contribution < 1.29 is 19.4 Å². The highest BCUT2D eigenvalue weighted by Crippen LogP contribution is 2.50. The van der Waals surface area contributed by atoms with E-state index in [0.717, 1.165) is 55.0 Å². The first kappa shape index (κ1) is 26.6. The number of aliphatic hydroxyl groups is 1. The molecule has 2 amide bonds. The number of aryl methyl sites for hydroxylation is 2. The number of aliphatic hydroxyl groups excluding tert-OH is 1. The van der Waals surface area contributed by atoms with E-state index in [2.05, 4.69) is 56.9 Å². The zero-order valence-corrected chi connectivity index (χ0v) is 23.6. The molecule has 0 aromatic heterocycles. The summed E-state index contributed by atoms with van der Waals surface area (Å²) in [5.41, 5.74) is 6.29. The second-order valence-electron chi connectivity index (χ2n) is 11.7. The van der Waals surface area contributed by atoms with Gasteiger partial charge in [-0.05, 0) is 43.9 Å². The van der Waals surface area contributed by atoms with Gasteiger partial charge in [-0.3, -0.25) is 9.80 Å². The Bertz CT molecular complexity index is 1240. The minimum atomic E-state index is -0.435. The van der Waals surface area contributed by atoms with E-state index in [-0.39, 0.29) is 18.1 Å². The molecular weight excluding hydrogens is 478 g/mol. The van der Waals surface area contributed by atoms with Crippen molar-refractivity contribution in [2.45, 2.75) is 64.6 Å². The molecule has 2 aromatic rings. The van der Waals surface area contributed by atoms with E-state index in [1.807, 2.05) is 21.9 Å². The van der Waals surface area contributed by atoms with Gasteiger partial charge in [0.25, 0.3) is 0 Å². The van der Waals surface area contributed by atoms with Gasteiger partial charge in [-0.2, -0.15) is 0 Å². The predicted octanol–water partition coefficient (Wildman–Crippen LogP) is 4.76. The van der Waals surface area contributed by atoms with E-state index in [4.69, 9.17) is 9.47 Å². The van der Waals surface area contributed by atoms with Gasteiger partial charge in [-0.1, -0.05) is 49.2 Å². The number of fused-ring (bicyclic) bond motifs is 3. The Balaban J connectivity index is 1.51. The Kier molecular flexibility index (Phi) is 6.95. The Hall–Kier alpha value is -3.03. The molecule has 0 bridgehead atoms.